The van der Waals surface area contributed by atoms with E-state index < -0.39 is 0 Å². The first-order chi connectivity index (χ1) is 10.6. The number of aliphatic hydroxyl groups excluding tert-OH is 1. The van der Waals surface area contributed by atoms with Gasteiger partial charge in [0.15, 0.2) is 0 Å². The van der Waals surface area contributed by atoms with Crippen molar-refractivity contribution in [1.29, 1.82) is 0 Å². The maximum Gasteiger partial charge on any atom is 0.0912 e. The van der Waals surface area contributed by atoms with Crippen LogP contribution in [0.4, 0.5) is 0 Å². The molecule has 2 aliphatic rings. The van der Waals surface area contributed by atoms with Gasteiger partial charge >= 0.3 is 0 Å². The van der Waals surface area contributed by atoms with E-state index in [-0.39, 0.29) is 24.7 Å². The van der Waals surface area contributed by atoms with E-state index in [1.165, 1.54) is 5.56 Å². The monoisotopic (exact) mass is 362 g/mol. The van der Waals surface area contributed by atoms with Gasteiger partial charge in [-0.1, -0.05) is 66.2 Å². The Balaban J connectivity index is 1.97. The van der Waals surface area contributed by atoms with Crippen molar-refractivity contribution < 1.29 is 9.84 Å². The van der Waals surface area contributed by atoms with Gasteiger partial charge < -0.3 is 9.84 Å². The first-order valence-corrected chi connectivity index (χ1v) is 8.79. The minimum atomic E-state index is 0.00711. The van der Waals surface area contributed by atoms with Gasteiger partial charge in [-0.15, -0.1) is 0 Å². The molecule has 0 saturated carbocycles. The molecule has 0 bridgehead atoms. The Bertz CT molecular complexity index is 591. The first kappa shape index (κ1) is 16.0. The number of benzene rings is 1. The molecule has 0 unspecified atom stereocenters. The minimum Gasteiger partial charge on any atom is -0.392 e. The zero-order chi connectivity index (χ0) is 15.7. The van der Waals surface area contributed by atoms with E-state index in [0.717, 1.165) is 16.5 Å². The predicted molar refractivity (Wildman–Crippen MR) is 92.5 cm³/mol. The maximum absolute atomic E-state index is 9.77. The molecule has 1 aromatic carbocycles. The fourth-order valence-corrected chi connectivity index (χ4v) is 4.22. The fraction of sp³-hybridized carbons (Fsp3) is 0.474. The highest BCUT2D eigenvalue weighted by atomic mass is 79.9. The van der Waals surface area contributed by atoms with Crippen molar-refractivity contribution in [2.45, 2.75) is 32.5 Å². The van der Waals surface area contributed by atoms with Crippen molar-refractivity contribution in [3.05, 3.63) is 58.1 Å². The molecule has 1 aliphatic carbocycles. The van der Waals surface area contributed by atoms with Gasteiger partial charge in [-0.3, -0.25) is 0 Å². The quantitative estimate of drug-likeness (QED) is 0.843. The molecule has 1 heterocycles. The molecule has 0 aromatic heterocycles. The number of rotatable bonds is 4. The van der Waals surface area contributed by atoms with E-state index in [4.69, 9.17) is 4.74 Å². The van der Waals surface area contributed by atoms with Crippen molar-refractivity contribution in [2.75, 3.05) is 6.61 Å². The molecule has 1 saturated heterocycles. The van der Waals surface area contributed by atoms with Gasteiger partial charge in [0, 0.05) is 16.3 Å². The maximum atomic E-state index is 9.77. The summed E-state index contributed by atoms with van der Waals surface area (Å²) in [4.78, 5) is 0. The Hall–Kier alpha value is -0.900. The van der Waals surface area contributed by atoms with Gasteiger partial charge in [0.05, 0.1) is 18.8 Å². The van der Waals surface area contributed by atoms with Crippen LogP contribution < -0.4 is 0 Å². The summed E-state index contributed by atoms with van der Waals surface area (Å²) in [6.07, 6.45) is 7.65. The van der Waals surface area contributed by atoms with Crippen LogP contribution >= 0.6 is 15.9 Å². The lowest BCUT2D eigenvalue weighted by Crippen LogP contribution is -2.24. The van der Waals surface area contributed by atoms with Gasteiger partial charge in [0.1, 0.15) is 0 Å². The van der Waals surface area contributed by atoms with Crippen LogP contribution in [-0.4, -0.2) is 17.8 Å². The van der Waals surface area contributed by atoms with E-state index in [1.54, 1.807) is 0 Å². The zero-order valence-corrected chi connectivity index (χ0v) is 14.7. The van der Waals surface area contributed by atoms with Crippen LogP contribution in [-0.2, 0) is 4.74 Å². The van der Waals surface area contributed by atoms with Gasteiger partial charge in [-0.2, -0.15) is 0 Å². The number of fused-ring (bicyclic) bond motifs is 1. The van der Waals surface area contributed by atoms with Crippen LogP contribution in [0.5, 0.6) is 0 Å². The Morgan fingerprint density at radius 2 is 2.05 bits per heavy atom. The first-order valence-electron chi connectivity index (χ1n) is 7.99. The van der Waals surface area contributed by atoms with Crippen molar-refractivity contribution in [3.63, 3.8) is 0 Å². The molecule has 3 heteroatoms. The van der Waals surface area contributed by atoms with E-state index in [9.17, 15) is 5.11 Å². The SMILES string of the molecule is CC(C)C[C@@H]1O[C@H](c2ccccc2Br)[C@@H]2C(CO)=CC=C[C@@H]21. The zero-order valence-electron chi connectivity index (χ0n) is 13.1. The Morgan fingerprint density at radius 3 is 2.73 bits per heavy atom. The molecule has 0 radical (unpaired) electrons. The van der Waals surface area contributed by atoms with Crippen LogP contribution in [0.25, 0.3) is 0 Å². The second-order valence-electron chi connectivity index (χ2n) is 6.63. The van der Waals surface area contributed by atoms with Gasteiger partial charge in [0.25, 0.3) is 0 Å². The molecule has 1 fully saturated rings. The molecule has 2 nitrogen and oxygen atoms in total. The molecule has 0 spiro atoms. The van der Waals surface area contributed by atoms with Crippen molar-refractivity contribution >= 4 is 15.9 Å². The molecule has 3 rings (SSSR count). The average Bonchev–Trinajstić information content (AvgIpc) is 2.86. The van der Waals surface area contributed by atoms with Crippen molar-refractivity contribution in [3.8, 4) is 0 Å². The largest absolute Gasteiger partial charge is 0.392 e. The van der Waals surface area contributed by atoms with Crippen molar-refractivity contribution in [2.24, 2.45) is 17.8 Å². The van der Waals surface area contributed by atoms with E-state index in [2.05, 4.69) is 60.1 Å². The molecule has 0 amide bonds. The van der Waals surface area contributed by atoms with Crippen LogP contribution in [0.3, 0.4) is 0 Å². The smallest absolute Gasteiger partial charge is 0.0912 e. The third-order valence-corrected chi connectivity index (χ3v) is 5.38. The molecular weight excluding hydrogens is 340 g/mol. The summed E-state index contributed by atoms with van der Waals surface area (Å²) >= 11 is 3.66. The molecule has 1 aliphatic heterocycles. The highest BCUT2D eigenvalue weighted by Crippen LogP contribution is 2.50. The molecule has 4 atom stereocenters. The number of hydrogen-bond acceptors (Lipinski definition) is 2. The number of allylic oxidation sites excluding steroid dienone is 2. The summed E-state index contributed by atoms with van der Waals surface area (Å²) in [6, 6.07) is 8.26. The Morgan fingerprint density at radius 1 is 1.27 bits per heavy atom. The highest BCUT2D eigenvalue weighted by molar-refractivity contribution is 9.10. The van der Waals surface area contributed by atoms with Gasteiger partial charge in [-0.05, 0) is 29.5 Å². The molecule has 1 aromatic rings. The average molecular weight is 363 g/mol. The van der Waals surface area contributed by atoms with E-state index in [0.29, 0.717) is 11.8 Å². The molecule has 22 heavy (non-hydrogen) atoms. The summed E-state index contributed by atoms with van der Waals surface area (Å²) in [5, 5.41) is 9.77. The minimum absolute atomic E-state index is 0.00711. The molecular formula is C19H23BrO2. The third-order valence-electron chi connectivity index (χ3n) is 4.66. The summed E-state index contributed by atoms with van der Waals surface area (Å²) in [7, 11) is 0. The number of hydrogen-bond donors (Lipinski definition) is 1. The number of ether oxygens (including phenoxy) is 1. The predicted octanol–water partition coefficient (Wildman–Crippen LogP) is 4.66. The highest BCUT2D eigenvalue weighted by Gasteiger charge is 2.46. The summed E-state index contributed by atoms with van der Waals surface area (Å²) in [5.74, 6) is 1.18. The standard InChI is InChI=1S/C19H23BrO2/c1-12(2)10-17-15-8-5-6-13(11-21)18(15)19(22-17)14-7-3-4-9-16(14)20/h3-9,12,15,17-19,21H,10-11H2,1-2H3/t15-,17+,18-,19-/m1/s1. The summed E-state index contributed by atoms with van der Waals surface area (Å²) in [5.41, 5.74) is 2.26. The second-order valence-corrected chi connectivity index (χ2v) is 7.49. The van der Waals surface area contributed by atoms with Crippen molar-refractivity contribution in [1.82, 2.24) is 0 Å². The summed E-state index contributed by atoms with van der Waals surface area (Å²) in [6.45, 7) is 4.57. The lowest BCUT2D eigenvalue weighted by Gasteiger charge is -2.27. The van der Waals surface area contributed by atoms with Crippen LogP contribution in [0.1, 0.15) is 31.9 Å². The molecule has 1 N–H and O–H groups in total. The normalized spacial score (nSPS) is 30.5. The second kappa shape index (κ2) is 6.69. The lowest BCUT2D eigenvalue weighted by atomic mass is 9.76. The van der Waals surface area contributed by atoms with Crippen LogP contribution in [0.15, 0.2) is 52.5 Å². The summed E-state index contributed by atoms with van der Waals surface area (Å²) < 4.78 is 7.56. The third kappa shape index (κ3) is 2.94. The van der Waals surface area contributed by atoms with Crippen LogP contribution in [0, 0.1) is 17.8 Å². The number of aliphatic hydroxyl groups is 1. The topological polar surface area (TPSA) is 29.5 Å². The van der Waals surface area contributed by atoms with Gasteiger partial charge in [0.2, 0.25) is 0 Å². The van der Waals surface area contributed by atoms with E-state index >= 15 is 0 Å². The van der Waals surface area contributed by atoms with Gasteiger partial charge in [-0.25, -0.2) is 0 Å². The fourth-order valence-electron chi connectivity index (χ4n) is 3.71. The molecule has 118 valence electrons. The number of halogens is 1. The Kier molecular flexibility index (Phi) is 4.86. The van der Waals surface area contributed by atoms with Crippen LogP contribution in [0.2, 0.25) is 0 Å². The lowest BCUT2D eigenvalue weighted by molar-refractivity contribution is 0.0210. The van der Waals surface area contributed by atoms with E-state index in [1.807, 2.05) is 12.1 Å². The Labute approximate surface area is 141 Å².